The molecule has 1 atom stereocenters. The van der Waals surface area contributed by atoms with Crippen molar-refractivity contribution in [2.45, 2.75) is 44.1 Å². The Morgan fingerprint density at radius 1 is 1.07 bits per heavy atom. The van der Waals surface area contributed by atoms with Gasteiger partial charge in [-0.25, -0.2) is 0 Å². The molecule has 2 aromatic carbocycles. The molecule has 1 saturated heterocycles. The third-order valence-corrected chi connectivity index (χ3v) is 6.86. The number of amides is 1. The highest BCUT2D eigenvalue weighted by Crippen LogP contribution is 2.57. The number of carbonyl (C=O) groups is 1. The van der Waals surface area contributed by atoms with Crippen molar-refractivity contribution >= 4 is 17.3 Å². The Kier molecular flexibility index (Phi) is 3.48. The molecular formula is C23H26N2O2. The highest BCUT2D eigenvalue weighted by Gasteiger charge is 2.58. The summed E-state index contributed by atoms with van der Waals surface area (Å²) in [6.07, 6.45) is 2.90. The summed E-state index contributed by atoms with van der Waals surface area (Å²) < 4.78 is 5.83. The van der Waals surface area contributed by atoms with Gasteiger partial charge in [0.1, 0.15) is 0 Å². The third-order valence-electron chi connectivity index (χ3n) is 6.86. The lowest BCUT2D eigenvalue weighted by Gasteiger charge is -2.33. The van der Waals surface area contributed by atoms with E-state index in [1.807, 2.05) is 11.9 Å². The number of aryl methyl sites for hydroxylation is 1. The molecular weight excluding hydrogens is 336 g/mol. The zero-order chi connectivity index (χ0) is 18.8. The molecule has 2 heterocycles. The van der Waals surface area contributed by atoms with E-state index in [2.05, 4.69) is 55.6 Å². The maximum absolute atomic E-state index is 12.7. The Morgan fingerprint density at radius 2 is 1.89 bits per heavy atom. The van der Waals surface area contributed by atoms with Crippen molar-refractivity contribution in [3.8, 4) is 0 Å². The fourth-order valence-corrected chi connectivity index (χ4v) is 4.93. The summed E-state index contributed by atoms with van der Waals surface area (Å²) in [6, 6.07) is 12.9. The largest absolute Gasteiger partial charge is 0.379 e. The van der Waals surface area contributed by atoms with Crippen molar-refractivity contribution in [3.05, 3.63) is 58.7 Å². The fraction of sp³-hybridized carbons (Fsp3) is 0.435. The predicted molar refractivity (Wildman–Crippen MR) is 107 cm³/mol. The van der Waals surface area contributed by atoms with E-state index in [4.69, 9.17) is 4.74 Å². The second-order valence-corrected chi connectivity index (χ2v) is 8.44. The first-order valence-electron chi connectivity index (χ1n) is 9.82. The summed E-state index contributed by atoms with van der Waals surface area (Å²) >= 11 is 0. The maximum Gasteiger partial charge on any atom is 0.237 e. The van der Waals surface area contributed by atoms with E-state index in [1.165, 1.54) is 22.3 Å². The molecule has 1 spiro atoms. The number of nitrogens with one attached hydrogen (secondary N) is 1. The molecule has 4 heteroatoms. The number of hydrogen-bond donors (Lipinski definition) is 1. The second-order valence-electron chi connectivity index (χ2n) is 8.44. The third kappa shape index (κ3) is 2.29. The smallest absolute Gasteiger partial charge is 0.237 e. The van der Waals surface area contributed by atoms with Crippen LogP contribution in [0.5, 0.6) is 0 Å². The summed E-state index contributed by atoms with van der Waals surface area (Å²) in [4.78, 5) is 14.5. The summed E-state index contributed by atoms with van der Waals surface area (Å²) in [6.45, 7) is 5.77. The number of likely N-dealkylation sites (N-methyl/N-ethyl adjacent to an activating group) is 1. The fourth-order valence-electron chi connectivity index (χ4n) is 4.93. The average Bonchev–Trinajstić information content (AvgIpc) is 3.30. The molecule has 0 radical (unpaired) electrons. The van der Waals surface area contributed by atoms with Gasteiger partial charge in [-0.2, -0.15) is 0 Å². The minimum atomic E-state index is -0.219. The minimum absolute atomic E-state index is 0.218. The van der Waals surface area contributed by atoms with Gasteiger partial charge in [0, 0.05) is 31.5 Å². The van der Waals surface area contributed by atoms with Gasteiger partial charge in [-0.15, -0.1) is 0 Å². The molecule has 1 amide bonds. The van der Waals surface area contributed by atoms with Gasteiger partial charge in [0.05, 0.1) is 17.6 Å². The van der Waals surface area contributed by atoms with Gasteiger partial charge in [0.15, 0.2) is 0 Å². The molecule has 1 N–H and O–H groups in total. The topological polar surface area (TPSA) is 41.6 Å². The van der Waals surface area contributed by atoms with Crippen LogP contribution < -0.4 is 10.2 Å². The molecule has 2 aromatic rings. The molecule has 1 unspecified atom stereocenters. The van der Waals surface area contributed by atoms with Crippen LogP contribution in [-0.4, -0.2) is 26.2 Å². The molecule has 27 heavy (non-hydrogen) atoms. The lowest BCUT2D eigenvalue weighted by atomic mass is 9.84. The monoisotopic (exact) mass is 362 g/mol. The molecule has 4 nitrogen and oxygen atoms in total. The van der Waals surface area contributed by atoms with E-state index in [-0.39, 0.29) is 16.9 Å². The van der Waals surface area contributed by atoms with E-state index in [9.17, 15) is 4.79 Å². The van der Waals surface area contributed by atoms with Crippen molar-refractivity contribution in [1.82, 2.24) is 0 Å². The minimum Gasteiger partial charge on any atom is -0.379 e. The molecule has 0 bridgehead atoms. The van der Waals surface area contributed by atoms with Crippen LogP contribution in [0.3, 0.4) is 0 Å². The van der Waals surface area contributed by atoms with Gasteiger partial charge < -0.3 is 15.0 Å². The van der Waals surface area contributed by atoms with Crippen LogP contribution in [0.25, 0.3) is 0 Å². The molecule has 2 fully saturated rings. The van der Waals surface area contributed by atoms with E-state index >= 15 is 0 Å². The van der Waals surface area contributed by atoms with Crippen molar-refractivity contribution < 1.29 is 9.53 Å². The van der Waals surface area contributed by atoms with Crippen molar-refractivity contribution in [2.24, 2.45) is 0 Å². The number of carbonyl (C=O) groups excluding carboxylic acids is 1. The standard InChI is InChI=1S/C23H26N2O2/c1-15-5-4-6-18(16(15)2)23(11-12-27-14-23)24-17-7-8-19-20(13-17)25(3)21(26)22(19)9-10-22/h4-8,13,24H,9-12,14H2,1-3H3. The van der Waals surface area contributed by atoms with Crippen LogP contribution in [0.2, 0.25) is 0 Å². The molecule has 140 valence electrons. The molecule has 3 aliphatic rings. The van der Waals surface area contributed by atoms with Gasteiger partial charge in [-0.1, -0.05) is 24.3 Å². The highest BCUT2D eigenvalue weighted by molar-refractivity contribution is 6.10. The SMILES string of the molecule is Cc1cccc(C2(Nc3ccc4c(c3)N(C)C(=O)C43CC3)CCOC2)c1C. The van der Waals surface area contributed by atoms with E-state index in [0.717, 1.165) is 37.2 Å². The van der Waals surface area contributed by atoms with Crippen LogP contribution in [0.15, 0.2) is 36.4 Å². The van der Waals surface area contributed by atoms with Gasteiger partial charge >= 0.3 is 0 Å². The maximum atomic E-state index is 12.7. The Bertz CT molecular complexity index is 939. The first-order valence-corrected chi connectivity index (χ1v) is 9.82. The van der Waals surface area contributed by atoms with Crippen LogP contribution in [0.4, 0.5) is 11.4 Å². The van der Waals surface area contributed by atoms with E-state index in [1.54, 1.807) is 0 Å². The second kappa shape index (κ2) is 5.59. The number of rotatable bonds is 3. The lowest BCUT2D eigenvalue weighted by molar-refractivity contribution is -0.119. The Morgan fingerprint density at radius 3 is 2.59 bits per heavy atom. The normalized spacial score (nSPS) is 25.1. The summed E-state index contributed by atoms with van der Waals surface area (Å²) in [5, 5.41) is 3.79. The van der Waals surface area contributed by atoms with Crippen molar-refractivity contribution in [2.75, 3.05) is 30.5 Å². The molecule has 5 rings (SSSR count). The summed E-state index contributed by atoms with van der Waals surface area (Å²) in [7, 11) is 1.90. The van der Waals surface area contributed by atoms with Crippen molar-refractivity contribution in [1.29, 1.82) is 0 Å². The van der Waals surface area contributed by atoms with E-state index < -0.39 is 0 Å². The van der Waals surface area contributed by atoms with Crippen LogP contribution in [0, 0.1) is 13.8 Å². The number of hydrogen-bond acceptors (Lipinski definition) is 3. The van der Waals surface area contributed by atoms with Crippen LogP contribution in [0.1, 0.15) is 41.5 Å². The number of ether oxygens (including phenoxy) is 1. The zero-order valence-corrected chi connectivity index (χ0v) is 16.3. The summed E-state index contributed by atoms with van der Waals surface area (Å²) in [5.41, 5.74) is 6.80. The first-order chi connectivity index (χ1) is 13.0. The highest BCUT2D eigenvalue weighted by atomic mass is 16.5. The quantitative estimate of drug-likeness (QED) is 0.896. The number of nitrogens with zero attached hydrogens (tertiary/aromatic N) is 1. The molecule has 1 aliphatic carbocycles. The predicted octanol–water partition coefficient (Wildman–Crippen LogP) is 4.04. The molecule has 2 aliphatic heterocycles. The summed E-state index contributed by atoms with van der Waals surface area (Å²) in [5.74, 6) is 0.253. The van der Waals surface area contributed by atoms with Gasteiger partial charge in [0.2, 0.25) is 5.91 Å². The van der Waals surface area contributed by atoms with Gasteiger partial charge in [0.25, 0.3) is 0 Å². The number of anilines is 2. The van der Waals surface area contributed by atoms with Crippen LogP contribution >= 0.6 is 0 Å². The van der Waals surface area contributed by atoms with E-state index in [0.29, 0.717) is 6.61 Å². The zero-order valence-electron chi connectivity index (χ0n) is 16.3. The van der Waals surface area contributed by atoms with Crippen molar-refractivity contribution in [3.63, 3.8) is 0 Å². The first kappa shape index (κ1) is 16.8. The number of benzene rings is 2. The molecule has 0 aromatic heterocycles. The average molecular weight is 362 g/mol. The Hall–Kier alpha value is -2.33. The molecule has 1 saturated carbocycles. The van der Waals surface area contributed by atoms with Gasteiger partial charge in [-0.05, 0) is 61.1 Å². The number of fused-ring (bicyclic) bond motifs is 2. The Balaban J connectivity index is 1.54. The van der Waals surface area contributed by atoms with Gasteiger partial charge in [-0.3, -0.25) is 4.79 Å². The van der Waals surface area contributed by atoms with Crippen LogP contribution in [-0.2, 0) is 20.5 Å². The Labute approximate surface area is 160 Å². The lowest BCUT2D eigenvalue weighted by Crippen LogP contribution is -2.36.